The van der Waals surface area contributed by atoms with Gasteiger partial charge < -0.3 is 10.6 Å². The molecule has 114 valence electrons. The van der Waals surface area contributed by atoms with Crippen molar-refractivity contribution < 1.29 is 14.5 Å². The molecule has 0 aliphatic rings. The van der Waals surface area contributed by atoms with E-state index in [1.807, 2.05) is 20.8 Å². The van der Waals surface area contributed by atoms with E-state index >= 15 is 0 Å². The molecule has 1 aromatic carbocycles. The fourth-order valence-electron chi connectivity index (χ4n) is 1.94. The first-order chi connectivity index (χ1) is 9.52. The number of nitro groups is 1. The summed E-state index contributed by atoms with van der Waals surface area (Å²) in [6, 6.07) is 2.80. The molecule has 0 saturated carbocycles. The number of nitrogens with one attached hydrogen (secondary N) is 2. The molecule has 0 bridgehead atoms. The highest BCUT2D eigenvalue weighted by atomic mass is 16.6. The lowest BCUT2D eigenvalue weighted by Crippen LogP contribution is -2.18. The first-order valence-corrected chi connectivity index (χ1v) is 6.40. The summed E-state index contributed by atoms with van der Waals surface area (Å²) in [5.41, 5.74) is 0.522. The highest BCUT2D eigenvalue weighted by Gasteiger charge is 2.25. The van der Waals surface area contributed by atoms with Gasteiger partial charge in [-0.25, -0.2) is 0 Å². The first kappa shape index (κ1) is 16.6. The molecule has 1 aromatic rings. The SMILES string of the molecule is CC(=O)Nc1cc(NC(C)=O)c(C(C)(C)C)cc1[N+](=O)[O-]. The lowest BCUT2D eigenvalue weighted by atomic mass is 9.85. The van der Waals surface area contributed by atoms with Crippen molar-refractivity contribution >= 4 is 28.9 Å². The second kappa shape index (κ2) is 5.90. The Bertz CT molecular complexity index is 603. The van der Waals surface area contributed by atoms with Gasteiger partial charge in [0.2, 0.25) is 11.8 Å². The van der Waals surface area contributed by atoms with Crippen molar-refractivity contribution in [3.63, 3.8) is 0 Å². The zero-order chi connectivity index (χ0) is 16.4. The van der Waals surface area contributed by atoms with Crippen molar-refractivity contribution in [2.45, 2.75) is 40.0 Å². The maximum atomic E-state index is 11.3. The minimum atomic E-state index is -0.557. The molecule has 1 rings (SSSR count). The average Bonchev–Trinajstić information content (AvgIpc) is 2.24. The van der Waals surface area contributed by atoms with Crippen LogP contribution in [0.15, 0.2) is 12.1 Å². The molecule has 0 aromatic heterocycles. The standard InChI is InChI=1S/C14H19N3O4/c1-8(18)15-11-7-12(16-9(2)19)13(17(20)21)6-10(11)14(3,4)5/h6-7H,1-5H3,(H,15,18)(H,16,19). The smallest absolute Gasteiger partial charge is 0.293 e. The van der Waals surface area contributed by atoms with Gasteiger partial charge in [-0.2, -0.15) is 0 Å². The number of benzene rings is 1. The molecule has 0 aliphatic heterocycles. The summed E-state index contributed by atoms with van der Waals surface area (Å²) in [7, 11) is 0. The number of amides is 2. The molecule has 0 aliphatic carbocycles. The molecule has 0 fully saturated rings. The van der Waals surface area contributed by atoms with E-state index in [-0.39, 0.29) is 17.3 Å². The van der Waals surface area contributed by atoms with Gasteiger partial charge in [-0.3, -0.25) is 19.7 Å². The molecular formula is C14H19N3O4. The Morgan fingerprint density at radius 1 is 1.05 bits per heavy atom. The van der Waals surface area contributed by atoms with Crippen LogP contribution in [0.25, 0.3) is 0 Å². The van der Waals surface area contributed by atoms with Crippen LogP contribution in [-0.2, 0) is 15.0 Å². The number of hydrogen-bond donors (Lipinski definition) is 2. The molecule has 0 spiro atoms. The minimum absolute atomic E-state index is 0.0595. The number of carbonyl (C=O) groups is 2. The molecule has 0 unspecified atom stereocenters. The van der Waals surface area contributed by atoms with Gasteiger partial charge in [0.05, 0.1) is 4.92 Å². The predicted molar refractivity (Wildman–Crippen MR) is 80.4 cm³/mol. The average molecular weight is 293 g/mol. The maximum Gasteiger partial charge on any atom is 0.293 e. The molecule has 7 nitrogen and oxygen atoms in total. The van der Waals surface area contributed by atoms with E-state index in [1.165, 1.54) is 26.0 Å². The van der Waals surface area contributed by atoms with Crippen molar-refractivity contribution in [3.05, 3.63) is 27.8 Å². The van der Waals surface area contributed by atoms with Crippen LogP contribution in [0.4, 0.5) is 17.1 Å². The van der Waals surface area contributed by atoms with Crippen molar-refractivity contribution in [1.29, 1.82) is 0 Å². The molecule has 0 atom stereocenters. The molecule has 7 heteroatoms. The van der Waals surface area contributed by atoms with Crippen LogP contribution in [-0.4, -0.2) is 16.7 Å². The number of rotatable bonds is 3. The third-order valence-electron chi connectivity index (χ3n) is 2.76. The zero-order valence-electron chi connectivity index (χ0n) is 12.7. The Kier molecular flexibility index (Phi) is 4.67. The van der Waals surface area contributed by atoms with Crippen molar-refractivity contribution in [2.75, 3.05) is 10.6 Å². The second-order valence-corrected chi connectivity index (χ2v) is 5.78. The van der Waals surface area contributed by atoms with E-state index in [1.54, 1.807) is 0 Å². The van der Waals surface area contributed by atoms with E-state index in [0.717, 1.165) is 0 Å². The predicted octanol–water partition coefficient (Wildman–Crippen LogP) is 2.81. The number of carbonyl (C=O) groups excluding carboxylic acids is 2. The first-order valence-electron chi connectivity index (χ1n) is 6.40. The summed E-state index contributed by atoms with van der Waals surface area (Å²) < 4.78 is 0. The second-order valence-electron chi connectivity index (χ2n) is 5.78. The van der Waals surface area contributed by atoms with Gasteiger partial charge in [0.15, 0.2) is 0 Å². The lowest BCUT2D eigenvalue weighted by molar-refractivity contribution is -0.384. The summed E-state index contributed by atoms with van der Waals surface area (Å²) in [5.74, 6) is -0.710. The molecule has 0 heterocycles. The molecule has 0 saturated heterocycles. The Morgan fingerprint density at radius 3 is 1.90 bits per heavy atom. The molecular weight excluding hydrogens is 274 g/mol. The topological polar surface area (TPSA) is 101 Å². The van der Waals surface area contributed by atoms with Gasteiger partial charge in [0.25, 0.3) is 5.69 Å². The monoisotopic (exact) mass is 293 g/mol. The molecule has 2 N–H and O–H groups in total. The maximum absolute atomic E-state index is 11.3. The van der Waals surface area contributed by atoms with Crippen LogP contribution in [0, 0.1) is 10.1 Å². The summed E-state index contributed by atoms with van der Waals surface area (Å²) >= 11 is 0. The van der Waals surface area contributed by atoms with Crippen LogP contribution in [0.3, 0.4) is 0 Å². The van der Waals surface area contributed by atoms with E-state index in [2.05, 4.69) is 10.6 Å². The fourth-order valence-corrected chi connectivity index (χ4v) is 1.94. The van der Waals surface area contributed by atoms with E-state index in [9.17, 15) is 19.7 Å². The normalized spacial score (nSPS) is 10.9. The van der Waals surface area contributed by atoms with E-state index in [4.69, 9.17) is 0 Å². The minimum Gasteiger partial charge on any atom is -0.326 e. The largest absolute Gasteiger partial charge is 0.326 e. The summed E-state index contributed by atoms with van der Waals surface area (Å²) in [6.45, 7) is 8.27. The Balaban J connectivity index is 3.56. The number of nitrogens with zero attached hydrogens (tertiary/aromatic N) is 1. The number of anilines is 2. The molecule has 2 amide bonds. The summed E-state index contributed by atoms with van der Waals surface area (Å²) in [5, 5.41) is 16.2. The van der Waals surface area contributed by atoms with Gasteiger partial charge in [-0.05, 0) is 17.0 Å². The van der Waals surface area contributed by atoms with Gasteiger partial charge in [-0.1, -0.05) is 20.8 Å². The van der Waals surface area contributed by atoms with Crippen LogP contribution >= 0.6 is 0 Å². The summed E-state index contributed by atoms with van der Waals surface area (Å²) in [4.78, 5) is 33.1. The Labute approximate surface area is 122 Å². The van der Waals surface area contributed by atoms with Gasteiger partial charge >= 0.3 is 0 Å². The van der Waals surface area contributed by atoms with Crippen molar-refractivity contribution in [2.24, 2.45) is 0 Å². The van der Waals surface area contributed by atoms with Gasteiger partial charge in [0, 0.05) is 25.6 Å². The third kappa shape index (κ3) is 4.27. The zero-order valence-corrected chi connectivity index (χ0v) is 12.7. The highest BCUT2D eigenvalue weighted by molar-refractivity contribution is 5.95. The van der Waals surface area contributed by atoms with Crippen molar-refractivity contribution in [3.8, 4) is 0 Å². The van der Waals surface area contributed by atoms with Crippen LogP contribution in [0.1, 0.15) is 40.2 Å². The third-order valence-corrected chi connectivity index (χ3v) is 2.76. The number of hydrogen-bond acceptors (Lipinski definition) is 4. The summed E-state index contributed by atoms with van der Waals surface area (Å²) in [6.07, 6.45) is 0. The van der Waals surface area contributed by atoms with E-state index < -0.39 is 16.2 Å². The van der Waals surface area contributed by atoms with Gasteiger partial charge in [0.1, 0.15) is 5.69 Å². The molecule has 21 heavy (non-hydrogen) atoms. The van der Waals surface area contributed by atoms with Crippen LogP contribution < -0.4 is 10.6 Å². The van der Waals surface area contributed by atoms with Crippen molar-refractivity contribution in [1.82, 2.24) is 0 Å². The van der Waals surface area contributed by atoms with Crippen LogP contribution in [0.5, 0.6) is 0 Å². The number of nitro benzene ring substituents is 1. The van der Waals surface area contributed by atoms with E-state index in [0.29, 0.717) is 11.3 Å². The Hall–Kier alpha value is -2.44. The van der Waals surface area contributed by atoms with Gasteiger partial charge in [-0.15, -0.1) is 0 Å². The fraction of sp³-hybridized carbons (Fsp3) is 0.429. The van der Waals surface area contributed by atoms with Crippen LogP contribution in [0.2, 0.25) is 0 Å². The quantitative estimate of drug-likeness (QED) is 0.660. The molecule has 0 radical (unpaired) electrons. The lowest BCUT2D eigenvalue weighted by Gasteiger charge is -2.23. The Morgan fingerprint density at radius 2 is 1.52 bits per heavy atom. The highest BCUT2D eigenvalue weighted by Crippen LogP contribution is 2.37.